The number of halogens is 1. The van der Waals surface area contributed by atoms with Crippen LogP contribution in [0.25, 0.3) is 11.0 Å². The summed E-state index contributed by atoms with van der Waals surface area (Å²) in [6.07, 6.45) is 0. The normalized spacial score (nSPS) is 10.5. The maximum atomic E-state index is 11.3. The molecular weight excluding hydrogens is 264 g/mol. The molecule has 15 heavy (non-hydrogen) atoms. The van der Waals surface area contributed by atoms with Crippen molar-refractivity contribution >= 4 is 32.9 Å². The standard InChI is InChI=1S/C9H5BrN2O3/c10-4-2-1-3-5-6(4)12-8(13)7(11-5)9(14)15/h1-3H,(H,12,13)(H,14,15). The third-order valence-electron chi connectivity index (χ3n) is 1.88. The van der Waals surface area contributed by atoms with Gasteiger partial charge >= 0.3 is 5.97 Å². The van der Waals surface area contributed by atoms with Gasteiger partial charge in [0, 0.05) is 4.47 Å². The van der Waals surface area contributed by atoms with E-state index in [9.17, 15) is 9.59 Å². The lowest BCUT2D eigenvalue weighted by atomic mass is 10.3. The zero-order chi connectivity index (χ0) is 11.0. The van der Waals surface area contributed by atoms with Crippen molar-refractivity contribution in [3.63, 3.8) is 0 Å². The molecule has 0 atom stereocenters. The molecule has 2 N–H and O–H groups in total. The highest BCUT2D eigenvalue weighted by atomic mass is 79.9. The molecule has 0 spiro atoms. The second-order valence-electron chi connectivity index (χ2n) is 2.85. The first-order valence-corrected chi connectivity index (χ1v) is 4.81. The van der Waals surface area contributed by atoms with Gasteiger partial charge in [-0.25, -0.2) is 9.78 Å². The number of H-pyrrole nitrogens is 1. The molecule has 0 fully saturated rings. The van der Waals surface area contributed by atoms with E-state index in [2.05, 4.69) is 25.9 Å². The van der Waals surface area contributed by atoms with Crippen molar-refractivity contribution in [2.24, 2.45) is 0 Å². The van der Waals surface area contributed by atoms with Crippen molar-refractivity contribution in [2.45, 2.75) is 0 Å². The molecule has 0 aliphatic rings. The molecule has 0 saturated heterocycles. The summed E-state index contributed by atoms with van der Waals surface area (Å²) in [7, 11) is 0. The van der Waals surface area contributed by atoms with Crippen LogP contribution in [0.3, 0.4) is 0 Å². The van der Waals surface area contributed by atoms with Gasteiger partial charge in [0.2, 0.25) is 5.69 Å². The zero-order valence-corrected chi connectivity index (χ0v) is 8.91. The van der Waals surface area contributed by atoms with E-state index in [1.165, 1.54) is 0 Å². The van der Waals surface area contributed by atoms with E-state index in [1.807, 2.05) is 0 Å². The monoisotopic (exact) mass is 268 g/mol. The largest absolute Gasteiger partial charge is 0.476 e. The number of fused-ring (bicyclic) bond motifs is 1. The minimum Gasteiger partial charge on any atom is -0.476 e. The SMILES string of the molecule is O=C(O)c1nc2cccc(Br)c2[nH]c1=O. The number of hydrogen-bond acceptors (Lipinski definition) is 3. The minimum atomic E-state index is -1.34. The number of hydrogen-bond donors (Lipinski definition) is 2. The number of nitrogens with zero attached hydrogens (tertiary/aromatic N) is 1. The second-order valence-corrected chi connectivity index (χ2v) is 3.71. The lowest BCUT2D eigenvalue weighted by Gasteiger charge is -2.00. The van der Waals surface area contributed by atoms with E-state index in [0.717, 1.165) is 0 Å². The summed E-state index contributed by atoms with van der Waals surface area (Å²) in [6, 6.07) is 5.08. The van der Waals surface area contributed by atoms with Gasteiger partial charge in [-0.2, -0.15) is 0 Å². The molecule has 0 radical (unpaired) electrons. The molecule has 0 unspecified atom stereocenters. The summed E-state index contributed by atoms with van der Waals surface area (Å²) in [6.45, 7) is 0. The van der Waals surface area contributed by atoms with Crippen LogP contribution in [0, 0.1) is 0 Å². The van der Waals surface area contributed by atoms with Gasteiger partial charge in [0.05, 0.1) is 11.0 Å². The Morgan fingerprint density at radius 3 is 2.87 bits per heavy atom. The van der Waals surface area contributed by atoms with E-state index < -0.39 is 17.2 Å². The fourth-order valence-electron chi connectivity index (χ4n) is 1.22. The van der Waals surface area contributed by atoms with Gasteiger partial charge < -0.3 is 10.1 Å². The third-order valence-corrected chi connectivity index (χ3v) is 2.54. The van der Waals surface area contributed by atoms with Gasteiger partial charge in [-0.3, -0.25) is 4.79 Å². The van der Waals surface area contributed by atoms with Gasteiger partial charge in [0.1, 0.15) is 0 Å². The van der Waals surface area contributed by atoms with Crippen molar-refractivity contribution < 1.29 is 9.90 Å². The molecule has 1 aromatic heterocycles. The second kappa shape index (κ2) is 3.47. The van der Waals surface area contributed by atoms with Crippen LogP contribution in [-0.2, 0) is 0 Å². The minimum absolute atomic E-state index is 0.432. The molecular formula is C9H5BrN2O3. The Kier molecular flexibility index (Phi) is 2.28. The van der Waals surface area contributed by atoms with E-state index in [0.29, 0.717) is 15.5 Å². The van der Waals surface area contributed by atoms with Crippen LogP contribution in [0.2, 0.25) is 0 Å². The first kappa shape index (κ1) is 9.85. The smallest absolute Gasteiger partial charge is 0.360 e. The Balaban J connectivity index is 2.88. The van der Waals surface area contributed by atoms with E-state index in [-0.39, 0.29) is 0 Å². The fourth-order valence-corrected chi connectivity index (χ4v) is 1.67. The van der Waals surface area contributed by atoms with Crippen LogP contribution in [0.4, 0.5) is 0 Å². The van der Waals surface area contributed by atoms with Gasteiger partial charge in [0.15, 0.2) is 0 Å². The molecule has 1 heterocycles. The number of aromatic carboxylic acids is 1. The number of para-hydroxylation sites is 1. The Morgan fingerprint density at radius 1 is 1.47 bits per heavy atom. The van der Waals surface area contributed by atoms with Crippen molar-refractivity contribution in [3.8, 4) is 0 Å². The molecule has 6 heteroatoms. The molecule has 76 valence electrons. The van der Waals surface area contributed by atoms with Gasteiger partial charge in [0.25, 0.3) is 5.56 Å². The van der Waals surface area contributed by atoms with Gasteiger partial charge in [-0.15, -0.1) is 0 Å². The molecule has 5 nitrogen and oxygen atoms in total. The number of nitrogens with one attached hydrogen (secondary N) is 1. The van der Waals surface area contributed by atoms with Gasteiger partial charge in [-0.1, -0.05) is 6.07 Å². The van der Waals surface area contributed by atoms with Crippen molar-refractivity contribution in [3.05, 3.63) is 38.7 Å². The zero-order valence-electron chi connectivity index (χ0n) is 7.32. The highest BCUT2D eigenvalue weighted by Gasteiger charge is 2.12. The summed E-state index contributed by atoms with van der Waals surface area (Å²) >= 11 is 3.24. The van der Waals surface area contributed by atoms with E-state index >= 15 is 0 Å². The number of carboxylic acid groups (broad SMARTS) is 1. The third kappa shape index (κ3) is 1.63. The Bertz CT molecular complexity index is 606. The highest BCUT2D eigenvalue weighted by molar-refractivity contribution is 9.10. The molecule has 0 amide bonds. The molecule has 0 aliphatic carbocycles. The van der Waals surface area contributed by atoms with Crippen LogP contribution >= 0.6 is 15.9 Å². The van der Waals surface area contributed by atoms with Crippen molar-refractivity contribution in [1.82, 2.24) is 9.97 Å². The van der Waals surface area contributed by atoms with Crippen LogP contribution in [-0.4, -0.2) is 21.0 Å². The van der Waals surface area contributed by atoms with Crippen LogP contribution in [0.1, 0.15) is 10.5 Å². The van der Waals surface area contributed by atoms with E-state index in [1.54, 1.807) is 18.2 Å². The average Bonchev–Trinajstić information content (AvgIpc) is 2.18. The van der Waals surface area contributed by atoms with Crippen molar-refractivity contribution in [1.29, 1.82) is 0 Å². The predicted octanol–water partition coefficient (Wildman–Crippen LogP) is 1.38. The molecule has 0 aliphatic heterocycles. The summed E-state index contributed by atoms with van der Waals surface area (Å²) in [5.74, 6) is -1.34. The fraction of sp³-hybridized carbons (Fsp3) is 0. The summed E-state index contributed by atoms with van der Waals surface area (Å²) < 4.78 is 0.668. The van der Waals surface area contributed by atoms with E-state index in [4.69, 9.17) is 5.11 Å². The Labute approximate surface area is 91.9 Å². The van der Waals surface area contributed by atoms with Crippen LogP contribution in [0.5, 0.6) is 0 Å². The molecule has 2 aromatic rings. The molecule has 0 bridgehead atoms. The van der Waals surface area contributed by atoms with Crippen molar-refractivity contribution in [2.75, 3.05) is 0 Å². The summed E-state index contributed by atoms with van der Waals surface area (Å²) in [5, 5.41) is 8.70. The number of carboxylic acids is 1. The van der Waals surface area contributed by atoms with Gasteiger partial charge in [-0.05, 0) is 28.1 Å². The number of aromatic nitrogens is 2. The van der Waals surface area contributed by atoms with Crippen LogP contribution < -0.4 is 5.56 Å². The summed E-state index contributed by atoms with van der Waals surface area (Å²) in [5.41, 5.74) is -0.281. The maximum absolute atomic E-state index is 11.3. The Morgan fingerprint density at radius 2 is 2.20 bits per heavy atom. The quantitative estimate of drug-likeness (QED) is 0.819. The summed E-state index contributed by atoms with van der Waals surface area (Å²) in [4.78, 5) is 28.2. The topological polar surface area (TPSA) is 83.0 Å². The molecule has 1 aromatic carbocycles. The number of rotatable bonds is 1. The lowest BCUT2D eigenvalue weighted by Crippen LogP contribution is -2.19. The molecule has 0 saturated carbocycles. The lowest BCUT2D eigenvalue weighted by molar-refractivity contribution is 0.0689. The predicted molar refractivity (Wildman–Crippen MR) is 57.0 cm³/mol. The first-order chi connectivity index (χ1) is 7.09. The maximum Gasteiger partial charge on any atom is 0.360 e. The Hall–Kier alpha value is -1.69. The highest BCUT2D eigenvalue weighted by Crippen LogP contribution is 2.18. The number of benzene rings is 1. The number of aromatic amines is 1. The first-order valence-electron chi connectivity index (χ1n) is 4.01. The molecule has 2 rings (SSSR count). The average molecular weight is 269 g/mol. The number of carbonyl (C=O) groups is 1. The van der Waals surface area contributed by atoms with Crippen LogP contribution in [0.15, 0.2) is 27.5 Å².